The number of anilines is 2. The van der Waals surface area contributed by atoms with Crippen molar-refractivity contribution in [1.29, 1.82) is 0 Å². The fourth-order valence-electron chi connectivity index (χ4n) is 1.46. The van der Waals surface area contributed by atoms with Crippen molar-refractivity contribution < 1.29 is 17.2 Å². The molecule has 1 aromatic heterocycles. The predicted octanol–water partition coefficient (Wildman–Crippen LogP) is 1.62. The van der Waals surface area contributed by atoms with Crippen LogP contribution in [-0.4, -0.2) is 32.5 Å². The van der Waals surface area contributed by atoms with Crippen molar-refractivity contribution >= 4 is 21.7 Å². The molecule has 21 heavy (non-hydrogen) atoms. The Balaban J connectivity index is 2.26. The van der Waals surface area contributed by atoms with Gasteiger partial charge in [0.2, 0.25) is 5.95 Å². The van der Waals surface area contributed by atoms with E-state index in [0.29, 0.717) is 12.0 Å². The van der Waals surface area contributed by atoms with Gasteiger partial charge in [-0.1, -0.05) is 0 Å². The van der Waals surface area contributed by atoms with Gasteiger partial charge in [-0.25, -0.2) is 27.2 Å². The standard InChI is InChI=1S/C12H12F2N4O2S/c1-18(2)12-15-6-8(7-16-12)17-21(19,20)9-3-4-10(13)11(14)5-9/h3-7,17H,1-2H3. The van der Waals surface area contributed by atoms with E-state index in [-0.39, 0.29) is 5.69 Å². The van der Waals surface area contributed by atoms with Gasteiger partial charge in [0.25, 0.3) is 10.0 Å². The Morgan fingerprint density at radius 3 is 2.24 bits per heavy atom. The lowest BCUT2D eigenvalue weighted by atomic mass is 10.3. The van der Waals surface area contributed by atoms with Crippen molar-refractivity contribution in [2.24, 2.45) is 0 Å². The Hall–Kier alpha value is -2.29. The average Bonchev–Trinajstić information content (AvgIpc) is 2.42. The van der Waals surface area contributed by atoms with E-state index in [1.807, 2.05) is 0 Å². The molecule has 1 aromatic carbocycles. The van der Waals surface area contributed by atoms with Crippen LogP contribution in [-0.2, 0) is 10.0 Å². The Labute approximate surface area is 120 Å². The maximum atomic E-state index is 13.1. The van der Waals surface area contributed by atoms with E-state index >= 15 is 0 Å². The summed E-state index contributed by atoms with van der Waals surface area (Å²) in [5.74, 6) is -1.95. The second-order valence-electron chi connectivity index (χ2n) is 4.35. The first-order chi connectivity index (χ1) is 9.79. The van der Waals surface area contributed by atoms with Gasteiger partial charge in [0.05, 0.1) is 23.0 Å². The van der Waals surface area contributed by atoms with Crippen molar-refractivity contribution in [3.63, 3.8) is 0 Å². The Bertz CT molecular complexity index is 748. The molecule has 0 fully saturated rings. The molecule has 1 heterocycles. The lowest BCUT2D eigenvalue weighted by molar-refractivity contribution is 0.504. The van der Waals surface area contributed by atoms with E-state index in [1.165, 1.54) is 12.4 Å². The molecule has 2 aromatic rings. The van der Waals surface area contributed by atoms with Crippen LogP contribution in [0.3, 0.4) is 0 Å². The molecular formula is C12H12F2N4O2S. The third kappa shape index (κ3) is 3.43. The zero-order valence-electron chi connectivity index (χ0n) is 11.2. The molecule has 0 aliphatic rings. The third-order valence-electron chi connectivity index (χ3n) is 2.49. The number of sulfonamides is 1. The SMILES string of the molecule is CN(C)c1ncc(NS(=O)(=O)c2ccc(F)c(F)c2)cn1. The molecule has 1 N–H and O–H groups in total. The van der Waals surface area contributed by atoms with E-state index in [0.717, 1.165) is 12.1 Å². The number of benzene rings is 1. The quantitative estimate of drug-likeness (QED) is 0.928. The summed E-state index contributed by atoms with van der Waals surface area (Å²) in [5.41, 5.74) is 0.116. The molecule has 0 aliphatic heterocycles. The molecule has 0 unspecified atom stereocenters. The largest absolute Gasteiger partial charge is 0.347 e. The Morgan fingerprint density at radius 1 is 1.10 bits per heavy atom. The van der Waals surface area contributed by atoms with Crippen LogP contribution in [0.4, 0.5) is 20.4 Å². The van der Waals surface area contributed by atoms with Crippen LogP contribution >= 0.6 is 0 Å². The van der Waals surface area contributed by atoms with Gasteiger partial charge in [-0.15, -0.1) is 0 Å². The van der Waals surface area contributed by atoms with Crippen molar-refractivity contribution in [3.05, 3.63) is 42.2 Å². The summed E-state index contributed by atoms with van der Waals surface area (Å²) < 4.78 is 52.1. The minimum atomic E-state index is -4.04. The first-order valence-electron chi connectivity index (χ1n) is 5.77. The fraction of sp³-hybridized carbons (Fsp3) is 0.167. The monoisotopic (exact) mass is 314 g/mol. The highest BCUT2D eigenvalue weighted by atomic mass is 32.2. The highest BCUT2D eigenvalue weighted by Crippen LogP contribution is 2.18. The molecule has 0 amide bonds. The molecule has 112 valence electrons. The maximum absolute atomic E-state index is 13.1. The Morgan fingerprint density at radius 2 is 1.71 bits per heavy atom. The van der Waals surface area contributed by atoms with E-state index < -0.39 is 26.6 Å². The molecule has 0 bridgehead atoms. The first kappa shape index (κ1) is 15.1. The second kappa shape index (κ2) is 5.60. The summed E-state index contributed by atoms with van der Waals surface area (Å²) in [6.07, 6.45) is 2.56. The number of aromatic nitrogens is 2. The molecular weight excluding hydrogens is 302 g/mol. The van der Waals surface area contributed by atoms with Crippen molar-refractivity contribution in [3.8, 4) is 0 Å². The van der Waals surface area contributed by atoms with Crippen molar-refractivity contribution in [1.82, 2.24) is 9.97 Å². The van der Waals surface area contributed by atoms with Gasteiger partial charge in [-0.05, 0) is 18.2 Å². The number of hydrogen-bond donors (Lipinski definition) is 1. The van der Waals surface area contributed by atoms with E-state index in [9.17, 15) is 17.2 Å². The lowest BCUT2D eigenvalue weighted by Crippen LogP contribution is -2.15. The molecule has 6 nitrogen and oxygen atoms in total. The third-order valence-corrected chi connectivity index (χ3v) is 3.87. The molecule has 0 radical (unpaired) electrons. The summed E-state index contributed by atoms with van der Waals surface area (Å²) in [7, 11) is -0.563. The summed E-state index contributed by atoms with van der Waals surface area (Å²) in [4.78, 5) is 9.14. The number of halogens is 2. The molecule has 0 aliphatic carbocycles. The number of hydrogen-bond acceptors (Lipinski definition) is 5. The van der Waals surface area contributed by atoms with Gasteiger partial charge >= 0.3 is 0 Å². The second-order valence-corrected chi connectivity index (χ2v) is 6.03. The van der Waals surface area contributed by atoms with Crippen LogP contribution in [0.1, 0.15) is 0 Å². The smallest absolute Gasteiger partial charge is 0.262 e. The van der Waals surface area contributed by atoms with Crippen molar-refractivity contribution in [2.45, 2.75) is 4.90 Å². The molecule has 0 saturated carbocycles. The normalized spacial score (nSPS) is 11.2. The number of nitrogens with zero attached hydrogens (tertiary/aromatic N) is 3. The Kier molecular flexibility index (Phi) is 4.03. The van der Waals surface area contributed by atoms with Crippen LogP contribution in [0.15, 0.2) is 35.5 Å². The number of rotatable bonds is 4. The highest BCUT2D eigenvalue weighted by molar-refractivity contribution is 7.92. The number of nitrogens with one attached hydrogen (secondary N) is 1. The van der Waals surface area contributed by atoms with E-state index in [1.54, 1.807) is 19.0 Å². The summed E-state index contributed by atoms with van der Waals surface area (Å²) in [6, 6.07) is 2.32. The van der Waals surface area contributed by atoms with Crippen LogP contribution in [0.25, 0.3) is 0 Å². The molecule has 9 heteroatoms. The van der Waals surface area contributed by atoms with Crippen LogP contribution in [0.5, 0.6) is 0 Å². The minimum absolute atomic E-state index is 0.116. The highest BCUT2D eigenvalue weighted by Gasteiger charge is 2.17. The zero-order valence-corrected chi connectivity index (χ0v) is 12.0. The van der Waals surface area contributed by atoms with Crippen LogP contribution in [0.2, 0.25) is 0 Å². The van der Waals surface area contributed by atoms with Crippen LogP contribution < -0.4 is 9.62 Å². The molecule has 0 spiro atoms. The topological polar surface area (TPSA) is 75.2 Å². The molecule has 0 saturated heterocycles. The minimum Gasteiger partial charge on any atom is -0.347 e. The van der Waals surface area contributed by atoms with Gasteiger partial charge in [-0.2, -0.15) is 0 Å². The zero-order chi connectivity index (χ0) is 15.6. The van der Waals surface area contributed by atoms with E-state index in [2.05, 4.69) is 14.7 Å². The van der Waals surface area contributed by atoms with Crippen LogP contribution in [0, 0.1) is 11.6 Å². The fourth-order valence-corrected chi connectivity index (χ4v) is 2.50. The van der Waals surface area contributed by atoms with E-state index in [4.69, 9.17) is 0 Å². The maximum Gasteiger partial charge on any atom is 0.262 e. The van der Waals surface area contributed by atoms with Gasteiger partial charge < -0.3 is 4.90 Å². The molecule has 0 atom stereocenters. The molecule has 2 rings (SSSR count). The van der Waals surface area contributed by atoms with Gasteiger partial charge in [0.15, 0.2) is 11.6 Å². The van der Waals surface area contributed by atoms with Crippen molar-refractivity contribution in [2.75, 3.05) is 23.7 Å². The first-order valence-corrected chi connectivity index (χ1v) is 7.25. The van der Waals surface area contributed by atoms with Gasteiger partial charge in [-0.3, -0.25) is 4.72 Å². The summed E-state index contributed by atoms with van der Waals surface area (Å²) in [5, 5.41) is 0. The van der Waals surface area contributed by atoms with Gasteiger partial charge in [0.1, 0.15) is 0 Å². The summed E-state index contributed by atoms with van der Waals surface area (Å²) >= 11 is 0. The average molecular weight is 314 g/mol. The lowest BCUT2D eigenvalue weighted by Gasteiger charge is -2.11. The van der Waals surface area contributed by atoms with Gasteiger partial charge in [0, 0.05) is 14.1 Å². The predicted molar refractivity (Wildman–Crippen MR) is 73.5 cm³/mol. The summed E-state index contributed by atoms with van der Waals surface area (Å²) in [6.45, 7) is 0.